The third-order valence-corrected chi connectivity index (χ3v) is 4.42. The van der Waals surface area contributed by atoms with Gasteiger partial charge in [0.2, 0.25) is 0 Å². The van der Waals surface area contributed by atoms with E-state index in [1.165, 1.54) is 0 Å². The highest BCUT2D eigenvalue weighted by Gasteiger charge is 2.46. The van der Waals surface area contributed by atoms with Gasteiger partial charge in [0, 0.05) is 23.5 Å². The van der Waals surface area contributed by atoms with Crippen molar-refractivity contribution in [2.45, 2.75) is 60.0 Å². The summed E-state index contributed by atoms with van der Waals surface area (Å²) in [5, 5.41) is 7.75. The van der Waals surface area contributed by atoms with E-state index in [1.54, 1.807) is 13.1 Å². The molecule has 0 bridgehead atoms. The van der Waals surface area contributed by atoms with Crippen LogP contribution in [0.2, 0.25) is 0 Å². The lowest BCUT2D eigenvalue weighted by Gasteiger charge is -2.17. The van der Waals surface area contributed by atoms with Gasteiger partial charge in [0.05, 0.1) is 6.21 Å². The molecule has 1 aromatic heterocycles. The van der Waals surface area contributed by atoms with Crippen molar-refractivity contribution in [2.24, 2.45) is 11.0 Å². The fraction of sp³-hybridized carbons (Fsp3) is 0.588. The van der Waals surface area contributed by atoms with Gasteiger partial charge in [-0.15, -0.1) is 5.01 Å². The average Bonchev–Trinajstić information content (AvgIpc) is 2.86. The summed E-state index contributed by atoms with van der Waals surface area (Å²) in [5.41, 5.74) is 2.30. The summed E-state index contributed by atoms with van der Waals surface area (Å²) >= 11 is 0. The zero-order chi connectivity index (χ0) is 17.4. The second-order valence-electron chi connectivity index (χ2n) is 6.81. The largest absolute Gasteiger partial charge is 0.348 e. The highest BCUT2D eigenvalue weighted by molar-refractivity contribution is 6.07. The second kappa shape index (κ2) is 6.18. The van der Waals surface area contributed by atoms with Crippen LogP contribution in [-0.4, -0.2) is 33.3 Å². The molecule has 1 N–H and O–H groups in total. The lowest BCUT2D eigenvalue weighted by molar-refractivity contribution is -0.130. The number of hydrazone groups is 1. The van der Waals surface area contributed by atoms with E-state index in [9.17, 15) is 9.59 Å². The van der Waals surface area contributed by atoms with Gasteiger partial charge in [-0.1, -0.05) is 20.8 Å². The Morgan fingerprint density at radius 3 is 2.52 bits per heavy atom. The molecule has 0 saturated carbocycles. The van der Waals surface area contributed by atoms with Gasteiger partial charge in [-0.3, -0.25) is 4.79 Å². The van der Waals surface area contributed by atoms with Crippen molar-refractivity contribution >= 4 is 18.2 Å². The van der Waals surface area contributed by atoms with Crippen molar-refractivity contribution in [1.29, 1.82) is 0 Å². The van der Waals surface area contributed by atoms with Crippen molar-refractivity contribution in [3.05, 3.63) is 23.0 Å². The van der Waals surface area contributed by atoms with Gasteiger partial charge in [0.15, 0.2) is 0 Å². The first-order valence-corrected chi connectivity index (χ1v) is 8.07. The summed E-state index contributed by atoms with van der Waals surface area (Å²) in [6.45, 7) is 12.9. The molecule has 1 aromatic rings. The van der Waals surface area contributed by atoms with E-state index in [1.807, 2.05) is 19.9 Å². The van der Waals surface area contributed by atoms with E-state index in [4.69, 9.17) is 0 Å². The molecule has 1 aliphatic rings. The van der Waals surface area contributed by atoms with Crippen molar-refractivity contribution in [3.63, 3.8) is 0 Å². The molecule has 126 valence electrons. The molecule has 2 heterocycles. The van der Waals surface area contributed by atoms with Gasteiger partial charge >= 0.3 is 6.03 Å². The maximum absolute atomic E-state index is 12.3. The molecule has 0 spiro atoms. The van der Waals surface area contributed by atoms with Gasteiger partial charge in [-0.2, -0.15) is 5.10 Å². The molecule has 1 aliphatic heterocycles. The quantitative estimate of drug-likeness (QED) is 0.670. The van der Waals surface area contributed by atoms with Crippen LogP contribution in [0.4, 0.5) is 4.79 Å². The van der Waals surface area contributed by atoms with Crippen LogP contribution in [0.1, 0.15) is 51.1 Å². The highest BCUT2D eigenvalue weighted by Crippen LogP contribution is 2.21. The van der Waals surface area contributed by atoms with E-state index in [0.29, 0.717) is 12.3 Å². The molecular weight excluding hydrogens is 292 g/mol. The van der Waals surface area contributed by atoms with Gasteiger partial charge < -0.3 is 9.88 Å². The highest BCUT2D eigenvalue weighted by atomic mass is 16.2. The van der Waals surface area contributed by atoms with Crippen LogP contribution in [0.3, 0.4) is 0 Å². The standard InChI is InChI=1S/C17H26N4O2/c1-7-17(6)15(22)21(16(23)19-17)18-9-14-8-12(4)20(13(14)5)10-11(2)3/h8-9,11H,7,10H2,1-6H3,(H,19,23)/b18-9-/t17-/m0/s1. The lowest BCUT2D eigenvalue weighted by Crippen LogP contribution is -2.42. The molecule has 3 amide bonds. The molecule has 2 rings (SSSR count). The van der Waals surface area contributed by atoms with Gasteiger partial charge in [0.1, 0.15) is 5.54 Å². The Morgan fingerprint density at radius 2 is 2.00 bits per heavy atom. The molecule has 6 heteroatoms. The summed E-state index contributed by atoms with van der Waals surface area (Å²) in [5.74, 6) is 0.234. The first kappa shape index (κ1) is 17.2. The zero-order valence-electron chi connectivity index (χ0n) is 14.8. The van der Waals surface area contributed by atoms with Crippen LogP contribution in [0.25, 0.3) is 0 Å². The maximum Gasteiger partial charge on any atom is 0.346 e. The third kappa shape index (κ3) is 3.16. The van der Waals surface area contributed by atoms with Crippen LogP contribution in [0.5, 0.6) is 0 Å². The molecule has 23 heavy (non-hydrogen) atoms. The Labute approximate surface area is 137 Å². The number of nitrogens with zero attached hydrogens (tertiary/aromatic N) is 3. The molecule has 0 unspecified atom stereocenters. The maximum atomic E-state index is 12.3. The minimum atomic E-state index is -0.858. The minimum Gasteiger partial charge on any atom is -0.348 e. The number of rotatable bonds is 5. The topological polar surface area (TPSA) is 66.7 Å². The Kier molecular flexibility index (Phi) is 4.63. The minimum absolute atomic E-state index is 0.308. The van der Waals surface area contributed by atoms with Crippen molar-refractivity contribution in [3.8, 4) is 0 Å². The van der Waals surface area contributed by atoms with Crippen LogP contribution in [0, 0.1) is 19.8 Å². The van der Waals surface area contributed by atoms with Crippen molar-refractivity contribution in [2.75, 3.05) is 0 Å². The first-order chi connectivity index (χ1) is 10.7. The predicted octanol–water partition coefficient (Wildman–Crippen LogP) is 2.82. The summed E-state index contributed by atoms with van der Waals surface area (Å²) in [7, 11) is 0. The number of nitrogens with one attached hydrogen (secondary N) is 1. The lowest BCUT2D eigenvalue weighted by atomic mass is 10.00. The van der Waals surface area contributed by atoms with Crippen LogP contribution < -0.4 is 5.32 Å². The van der Waals surface area contributed by atoms with E-state index in [0.717, 1.165) is 28.5 Å². The summed E-state index contributed by atoms with van der Waals surface area (Å²) in [6.07, 6.45) is 2.13. The molecular formula is C17H26N4O2. The molecule has 0 aliphatic carbocycles. The number of hydrogen-bond acceptors (Lipinski definition) is 3. The zero-order valence-corrected chi connectivity index (χ0v) is 14.8. The van der Waals surface area contributed by atoms with E-state index in [-0.39, 0.29) is 5.91 Å². The van der Waals surface area contributed by atoms with E-state index < -0.39 is 11.6 Å². The molecule has 1 saturated heterocycles. The normalized spacial score (nSPS) is 21.8. The van der Waals surface area contributed by atoms with Gasteiger partial charge in [-0.25, -0.2) is 4.79 Å². The second-order valence-corrected chi connectivity index (χ2v) is 6.81. The van der Waals surface area contributed by atoms with Crippen LogP contribution in [-0.2, 0) is 11.3 Å². The monoisotopic (exact) mass is 318 g/mol. The van der Waals surface area contributed by atoms with E-state index >= 15 is 0 Å². The number of aromatic nitrogens is 1. The molecule has 1 atom stereocenters. The fourth-order valence-corrected chi connectivity index (χ4v) is 2.74. The number of urea groups is 1. The number of imide groups is 1. The number of amides is 3. The number of carbonyl (C=O) groups excluding carboxylic acids is 2. The van der Waals surface area contributed by atoms with E-state index in [2.05, 4.69) is 35.8 Å². The van der Waals surface area contributed by atoms with Gasteiger partial charge in [0.25, 0.3) is 5.91 Å². The number of hydrogen-bond donors (Lipinski definition) is 1. The summed E-state index contributed by atoms with van der Waals surface area (Å²) < 4.78 is 2.23. The summed E-state index contributed by atoms with van der Waals surface area (Å²) in [4.78, 5) is 24.3. The molecule has 0 radical (unpaired) electrons. The smallest absolute Gasteiger partial charge is 0.346 e. The van der Waals surface area contributed by atoms with Crippen LogP contribution >= 0.6 is 0 Å². The van der Waals surface area contributed by atoms with Gasteiger partial charge in [-0.05, 0) is 39.2 Å². The number of aryl methyl sites for hydroxylation is 1. The fourth-order valence-electron chi connectivity index (χ4n) is 2.74. The van der Waals surface area contributed by atoms with Crippen molar-refractivity contribution in [1.82, 2.24) is 14.9 Å². The molecule has 1 fully saturated rings. The SMILES string of the molecule is CC[C@]1(C)NC(=O)N(/N=C\c2cc(C)n(CC(C)C)c2C)C1=O. The predicted molar refractivity (Wildman–Crippen MR) is 90.4 cm³/mol. The Hall–Kier alpha value is -2.11. The Balaban J connectivity index is 2.25. The Bertz CT molecular complexity index is 660. The average molecular weight is 318 g/mol. The molecule has 6 nitrogen and oxygen atoms in total. The van der Waals surface area contributed by atoms with Crippen LogP contribution in [0.15, 0.2) is 11.2 Å². The summed E-state index contributed by atoms with van der Waals surface area (Å²) in [6, 6.07) is 1.56. The molecule has 0 aromatic carbocycles. The number of carbonyl (C=O) groups is 2. The Morgan fingerprint density at radius 1 is 1.35 bits per heavy atom. The third-order valence-electron chi connectivity index (χ3n) is 4.42. The first-order valence-electron chi connectivity index (χ1n) is 8.07. The van der Waals surface area contributed by atoms with Crippen molar-refractivity contribution < 1.29 is 9.59 Å².